The van der Waals surface area contributed by atoms with E-state index in [9.17, 15) is 0 Å². The molecule has 0 amide bonds. The topological polar surface area (TPSA) is 64.9 Å². The fourth-order valence-electron chi connectivity index (χ4n) is 0.814. The minimum atomic E-state index is 0.295. The first-order valence-electron chi connectivity index (χ1n) is 3.16. The maximum atomic E-state index is 5.54. The molecule has 0 saturated carbocycles. The predicted molar refractivity (Wildman–Crippen MR) is 43.1 cm³/mol. The molecule has 56 valence electrons. The third-order valence-electron chi connectivity index (χ3n) is 1.28. The van der Waals surface area contributed by atoms with Crippen LogP contribution in [0.3, 0.4) is 0 Å². The summed E-state index contributed by atoms with van der Waals surface area (Å²) in [7, 11) is 0. The number of hydrogen-bond donors (Lipinski definition) is 2. The van der Waals surface area contributed by atoms with Gasteiger partial charge < -0.3 is 0 Å². The van der Waals surface area contributed by atoms with Crippen molar-refractivity contribution < 1.29 is 0 Å². The molecule has 1 aromatic heterocycles. The van der Waals surface area contributed by atoms with Crippen molar-refractivity contribution in [2.24, 2.45) is 5.73 Å². The van der Waals surface area contributed by atoms with Crippen LogP contribution >= 0.6 is 0 Å². The normalized spacial score (nSPS) is 10.2. The Bertz CT molecular complexity index is 219. The van der Waals surface area contributed by atoms with Gasteiger partial charge in [-0.25, -0.2) is 0 Å². The molecule has 1 rings (SSSR count). The summed E-state index contributed by atoms with van der Waals surface area (Å²) in [6.45, 7) is 2.70. The van der Waals surface area contributed by atoms with Crippen LogP contribution in [0.4, 0.5) is 4.69 Å². The summed E-state index contributed by atoms with van der Waals surface area (Å²) in [5.41, 5.74) is 12.0. The molecule has 0 saturated heterocycles. The average Bonchev–Trinajstić information content (AvgIpc) is 2.13. The maximum absolute atomic E-state index is 5.54. The molecule has 0 aliphatic carbocycles. The van der Waals surface area contributed by atoms with E-state index in [1.165, 1.54) is 4.44 Å². The van der Waals surface area contributed by atoms with E-state index in [0.29, 0.717) is 21.0 Å². The van der Waals surface area contributed by atoms with Gasteiger partial charge in [-0.15, -0.1) is 0 Å². The van der Waals surface area contributed by atoms with E-state index in [1.807, 2.05) is 6.92 Å². The molecule has 0 aliphatic rings. The van der Waals surface area contributed by atoms with Gasteiger partial charge in [0.15, 0.2) is 0 Å². The standard InChI is InChI=1S/C6H11N3Se/c1-4-5(2-3-7)10-6(8)9-4/h2-3,7H2,1H3,(H2,8,9). The third kappa shape index (κ3) is 1.59. The summed E-state index contributed by atoms with van der Waals surface area (Å²) >= 11 is 0.295. The second kappa shape index (κ2) is 3.19. The van der Waals surface area contributed by atoms with Gasteiger partial charge in [-0.05, 0) is 0 Å². The molecule has 0 atom stereocenters. The van der Waals surface area contributed by atoms with E-state index in [-0.39, 0.29) is 0 Å². The Labute approximate surface area is 66.2 Å². The quantitative estimate of drug-likeness (QED) is 0.640. The average molecular weight is 204 g/mol. The number of anilines is 1. The first-order chi connectivity index (χ1) is 4.74. The van der Waals surface area contributed by atoms with Crippen molar-refractivity contribution in [3.63, 3.8) is 0 Å². The van der Waals surface area contributed by atoms with Crippen LogP contribution in [0.1, 0.15) is 10.1 Å². The Kier molecular flexibility index (Phi) is 2.49. The van der Waals surface area contributed by atoms with Crippen LogP contribution in [-0.2, 0) is 6.42 Å². The number of rotatable bonds is 2. The Morgan fingerprint density at radius 3 is 2.70 bits per heavy atom. The third-order valence-corrected chi connectivity index (χ3v) is 3.48. The molecular formula is C6H11N3Se. The number of hydrogen-bond acceptors (Lipinski definition) is 3. The number of nitrogens with two attached hydrogens (primary N) is 2. The Morgan fingerprint density at radius 2 is 2.30 bits per heavy atom. The van der Waals surface area contributed by atoms with Gasteiger partial charge in [-0.3, -0.25) is 0 Å². The van der Waals surface area contributed by atoms with Crippen LogP contribution in [0.15, 0.2) is 0 Å². The molecule has 0 unspecified atom stereocenters. The fraction of sp³-hybridized carbons (Fsp3) is 0.500. The minimum absolute atomic E-state index is 0.295. The van der Waals surface area contributed by atoms with Crippen LogP contribution in [0.2, 0.25) is 0 Å². The van der Waals surface area contributed by atoms with Crippen LogP contribution in [-0.4, -0.2) is 26.0 Å². The molecule has 10 heavy (non-hydrogen) atoms. The SMILES string of the molecule is Cc1nc(N)[se]c1CCN. The number of aromatic nitrogens is 1. The summed E-state index contributed by atoms with van der Waals surface area (Å²) in [5, 5.41) is 0. The molecule has 0 fully saturated rings. The first kappa shape index (κ1) is 7.79. The van der Waals surface area contributed by atoms with Crippen LogP contribution < -0.4 is 11.5 Å². The van der Waals surface area contributed by atoms with Gasteiger partial charge in [-0.2, -0.15) is 0 Å². The zero-order valence-corrected chi connectivity index (χ0v) is 7.64. The van der Waals surface area contributed by atoms with Crippen molar-refractivity contribution in [2.75, 3.05) is 12.3 Å². The van der Waals surface area contributed by atoms with E-state index in [0.717, 1.165) is 16.8 Å². The molecule has 0 radical (unpaired) electrons. The fourth-order valence-corrected chi connectivity index (χ4v) is 2.59. The predicted octanol–water partition coefficient (Wildman–Crippen LogP) is -0.470. The molecule has 3 nitrogen and oxygen atoms in total. The molecule has 0 aromatic carbocycles. The van der Waals surface area contributed by atoms with Crippen molar-refractivity contribution >= 4 is 19.2 Å². The van der Waals surface area contributed by atoms with Crippen LogP contribution in [0, 0.1) is 6.92 Å². The van der Waals surface area contributed by atoms with Crippen LogP contribution in [0.5, 0.6) is 0 Å². The molecule has 0 bridgehead atoms. The molecule has 0 spiro atoms. The first-order valence-corrected chi connectivity index (χ1v) is 4.87. The monoisotopic (exact) mass is 205 g/mol. The number of nitrogens with zero attached hydrogens (tertiary/aromatic N) is 1. The summed E-state index contributed by atoms with van der Waals surface area (Å²) in [4.78, 5) is 4.14. The summed E-state index contributed by atoms with van der Waals surface area (Å²) in [6.07, 6.45) is 0.954. The Hall–Kier alpha value is -0.311. The Morgan fingerprint density at radius 1 is 1.60 bits per heavy atom. The molecule has 4 heteroatoms. The van der Waals surface area contributed by atoms with E-state index < -0.39 is 0 Å². The van der Waals surface area contributed by atoms with Crippen molar-refractivity contribution in [1.29, 1.82) is 0 Å². The molecule has 1 aromatic rings. The van der Waals surface area contributed by atoms with E-state index in [2.05, 4.69) is 4.98 Å². The van der Waals surface area contributed by atoms with Crippen LogP contribution in [0.25, 0.3) is 0 Å². The van der Waals surface area contributed by atoms with Crippen molar-refractivity contribution in [3.8, 4) is 0 Å². The summed E-state index contributed by atoms with van der Waals surface area (Å²) < 4.78 is 2.14. The molecule has 1 heterocycles. The van der Waals surface area contributed by atoms with Crippen molar-refractivity contribution in [2.45, 2.75) is 13.3 Å². The zero-order chi connectivity index (χ0) is 7.56. The zero-order valence-electron chi connectivity index (χ0n) is 5.92. The van der Waals surface area contributed by atoms with Gasteiger partial charge in [0, 0.05) is 0 Å². The number of nitrogen functional groups attached to an aromatic ring is 1. The van der Waals surface area contributed by atoms with Gasteiger partial charge in [0.25, 0.3) is 0 Å². The van der Waals surface area contributed by atoms with Gasteiger partial charge in [0.1, 0.15) is 0 Å². The van der Waals surface area contributed by atoms with Gasteiger partial charge in [0.2, 0.25) is 0 Å². The molecule has 0 aliphatic heterocycles. The van der Waals surface area contributed by atoms with Crippen molar-refractivity contribution in [1.82, 2.24) is 4.98 Å². The van der Waals surface area contributed by atoms with E-state index in [1.54, 1.807) is 0 Å². The van der Waals surface area contributed by atoms with Gasteiger partial charge in [-0.1, -0.05) is 0 Å². The second-order valence-corrected chi connectivity index (χ2v) is 4.44. The van der Waals surface area contributed by atoms with Gasteiger partial charge in [0.05, 0.1) is 0 Å². The molecule has 4 N–H and O–H groups in total. The second-order valence-electron chi connectivity index (χ2n) is 2.10. The van der Waals surface area contributed by atoms with E-state index >= 15 is 0 Å². The van der Waals surface area contributed by atoms with Gasteiger partial charge >= 0.3 is 65.7 Å². The summed E-state index contributed by atoms with van der Waals surface area (Å²) in [5.74, 6) is 0. The van der Waals surface area contributed by atoms with Crippen molar-refractivity contribution in [3.05, 3.63) is 10.1 Å². The number of aryl methyl sites for hydroxylation is 1. The van der Waals surface area contributed by atoms with E-state index in [4.69, 9.17) is 11.5 Å². The summed E-state index contributed by atoms with van der Waals surface area (Å²) in [6, 6.07) is 0. The molecular weight excluding hydrogens is 193 g/mol. The Balaban J connectivity index is 2.81.